The molecule has 1 aliphatic rings. The highest BCUT2D eigenvalue weighted by molar-refractivity contribution is 5.91. The minimum absolute atomic E-state index is 0.00213. The molecule has 13 heteroatoms. The molecule has 0 saturated carbocycles. The van der Waals surface area contributed by atoms with Crippen molar-refractivity contribution in [2.75, 3.05) is 25.7 Å². The Kier molecular flexibility index (Phi) is 8.61. The highest BCUT2D eigenvalue weighted by Crippen LogP contribution is 2.51. The third-order valence-corrected chi connectivity index (χ3v) is 6.29. The number of carbonyl (C=O) groups is 2. The quantitative estimate of drug-likeness (QED) is 0.282. The van der Waals surface area contributed by atoms with E-state index in [9.17, 15) is 35.9 Å². The molecule has 0 spiro atoms. The lowest BCUT2D eigenvalue weighted by Crippen LogP contribution is -2.44. The average molecular weight is 563 g/mol. The molecule has 0 N–H and O–H groups in total. The van der Waals surface area contributed by atoms with Gasteiger partial charge in [0.2, 0.25) is 0 Å². The van der Waals surface area contributed by atoms with Gasteiger partial charge in [-0.2, -0.15) is 26.3 Å². The molecule has 0 fully saturated rings. The van der Waals surface area contributed by atoms with E-state index < -0.39 is 59.2 Å². The Bertz CT molecular complexity index is 1200. The van der Waals surface area contributed by atoms with Gasteiger partial charge in [-0.15, -0.1) is 0 Å². The Balaban J connectivity index is 2.31. The molecular formula is C26H27F6NO6. The predicted molar refractivity (Wildman–Crippen MR) is 127 cm³/mol. The van der Waals surface area contributed by atoms with Crippen LogP contribution in [-0.2, 0) is 26.6 Å². The summed E-state index contributed by atoms with van der Waals surface area (Å²) < 4.78 is 103. The zero-order valence-electron chi connectivity index (χ0n) is 21.7. The number of carbonyl (C=O) groups excluding carboxylic acids is 2. The SMILES string of the molecule is CCOC(=O)N1c2cc(OC)c(OC)cc2[C@@H]([C@H](OC(C)=O)c2cc(C(F)(F)F)cc(C(F)(F)F)c2)C[C@H]1C. The number of halogens is 6. The van der Waals surface area contributed by atoms with Crippen LogP contribution in [-0.4, -0.2) is 38.9 Å². The van der Waals surface area contributed by atoms with Crippen molar-refractivity contribution in [3.63, 3.8) is 0 Å². The minimum atomic E-state index is -5.11. The van der Waals surface area contributed by atoms with E-state index in [0.717, 1.165) is 6.92 Å². The summed E-state index contributed by atoms with van der Waals surface area (Å²) in [6.07, 6.45) is -12.5. The van der Waals surface area contributed by atoms with Gasteiger partial charge < -0.3 is 18.9 Å². The average Bonchev–Trinajstić information content (AvgIpc) is 2.84. The molecule has 7 nitrogen and oxygen atoms in total. The molecule has 2 aromatic rings. The number of methoxy groups -OCH3 is 2. The number of benzene rings is 2. The standard InChI is InChI=1S/C26H27F6NO6/c1-6-38-24(35)33-13(2)7-19(18-11-21(36-4)22(37-5)12-20(18)33)23(39-14(3)34)15-8-16(25(27,28)29)10-17(9-15)26(30,31)32/h8-13,19,23H,6-7H2,1-5H3/t13-,19+,23-/m1/s1. The van der Waals surface area contributed by atoms with Gasteiger partial charge in [0.15, 0.2) is 11.5 Å². The van der Waals surface area contributed by atoms with E-state index in [1.54, 1.807) is 13.8 Å². The molecule has 0 bridgehead atoms. The van der Waals surface area contributed by atoms with Gasteiger partial charge in [0, 0.05) is 24.9 Å². The maximum Gasteiger partial charge on any atom is 0.416 e. The molecular weight excluding hydrogens is 536 g/mol. The lowest BCUT2D eigenvalue weighted by atomic mass is 9.79. The van der Waals surface area contributed by atoms with Crippen LogP contribution in [0.5, 0.6) is 11.5 Å². The first-order valence-electron chi connectivity index (χ1n) is 11.8. The van der Waals surface area contributed by atoms with Crippen LogP contribution < -0.4 is 14.4 Å². The topological polar surface area (TPSA) is 74.3 Å². The second-order valence-corrected chi connectivity index (χ2v) is 8.90. The van der Waals surface area contributed by atoms with Gasteiger partial charge >= 0.3 is 24.4 Å². The normalized spacial score (nSPS) is 18.2. The fourth-order valence-corrected chi connectivity index (χ4v) is 4.69. The van der Waals surface area contributed by atoms with Crippen molar-refractivity contribution in [2.45, 2.75) is 57.6 Å². The summed E-state index contributed by atoms with van der Waals surface area (Å²) in [5.41, 5.74) is -3.11. The van der Waals surface area contributed by atoms with Crippen LogP contribution in [0.15, 0.2) is 30.3 Å². The second-order valence-electron chi connectivity index (χ2n) is 8.90. The molecule has 0 radical (unpaired) electrons. The smallest absolute Gasteiger partial charge is 0.416 e. The number of anilines is 1. The van der Waals surface area contributed by atoms with Gasteiger partial charge in [-0.3, -0.25) is 9.69 Å². The number of amides is 1. The Morgan fingerprint density at radius 3 is 1.95 bits per heavy atom. The molecule has 1 heterocycles. The van der Waals surface area contributed by atoms with Crippen LogP contribution >= 0.6 is 0 Å². The summed E-state index contributed by atoms with van der Waals surface area (Å²) in [6.45, 7) is 4.28. The number of hydrogen-bond acceptors (Lipinski definition) is 6. The van der Waals surface area contributed by atoms with Gasteiger partial charge in [0.1, 0.15) is 6.10 Å². The van der Waals surface area contributed by atoms with Gasteiger partial charge in [0.25, 0.3) is 0 Å². The molecule has 0 unspecified atom stereocenters. The van der Waals surface area contributed by atoms with Crippen LogP contribution in [0.4, 0.5) is 36.8 Å². The first-order valence-corrected chi connectivity index (χ1v) is 11.8. The van der Waals surface area contributed by atoms with E-state index in [1.807, 2.05) is 0 Å². The fourth-order valence-electron chi connectivity index (χ4n) is 4.69. The first-order chi connectivity index (χ1) is 18.1. The number of rotatable bonds is 6. The van der Waals surface area contributed by atoms with Crippen molar-refractivity contribution in [2.24, 2.45) is 0 Å². The Hall–Kier alpha value is -3.64. The molecule has 3 atom stereocenters. The zero-order chi connectivity index (χ0) is 29.3. The van der Waals surface area contributed by atoms with Crippen LogP contribution in [0, 0.1) is 0 Å². The summed E-state index contributed by atoms with van der Waals surface area (Å²) in [5.74, 6) is -1.51. The van der Waals surface area contributed by atoms with Crippen LogP contribution in [0.1, 0.15) is 61.5 Å². The number of hydrogen-bond donors (Lipinski definition) is 0. The van der Waals surface area contributed by atoms with Crippen molar-refractivity contribution in [1.29, 1.82) is 0 Å². The van der Waals surface area contributed by atoms with Gasteiger partial charge in [-0.05, 0) is 55.7 Å². The number of nitrogens with zero attached hydrogens (tertiary/aromatic N) is 1. The third kappa shape index (κ3) is 6.34. The molecule has 0 saturated heterocycles. The summed E-state index contributed by atoms with van der Waals surface area (Å²) in [7, 11) is 2.69. The Morgan fingerprint density at radius 2 is 1.49 bits per heavy atom. The number of ether oxygens (including phenoxy) is 4. The molecule has 2 aromatic carbocycles. The maximum absolute atomic E-state index is 13.6. The molecule has 1 aliphatic heterocycles. The number of esters is 1. The summed E-state index contributed by atoms with van der Waals surface area (Å²) in [6, 6.07) is 3.31. The Morgan fingerprint density at radius 1 is 0.949 bits per heavy atom. The highest BCUT2D eigenvalue weighted by atomic mass is 19.4. The summed E-state index contributed by atoms with van der Waals surface area (Å²) in [5, 5.41) is 0. The molecule has 1 amide bonds. The fraction of sp³-hybridized carbons (Fsp3) is 0.462. The molecule has 3 rings (SSSR count). The third-order valence-electron chi connectivity index (χ3n) is 6.29. The van der Waals surface area contributed by atoms with Crippen molar-refractivity contribution in [3.05, 3.63) is 52.6 Å². The largest absolute Gasteiger partial charge is 0.493 e. The monoisotopic (exact) mass is 563 g/mol. The molecule has 39 heavy (non-hydrogen) atoms. The minimum Gasteiger partial charge on any atom is -0.493 e. The van der Waals surface area contributed by atoms with E-state index >= 15 is 0 Å². The van der Waals surface area contributed by atoms with Gasteiger partial charge in [0.05, 0.1) is 37.6 Å². The summed E-state index contributed by atoms with van der Waals surface area (Å²) in [4.78, 5) is 26.3. The number of alkyl halides is 6. The van der Waals surface area contributed by atoms with Crippen LogP contribution in [0.25, 0.3) is 0 Å². The van der Waals surface area contributed by atoms with E-state index in [2.05, 4.69) is 0 Å². The van der Waals surface area contributed by atoms with E-state index in [-0.39, 0.29) is 41.8 Å². The lowest BCUT2D eigenvalue weighted by Gasteiger charge is -2.41. The summed E-state index contributed by atoms with van der Waals surface area (Å²) >= 11 is 0. The van der Waals surface area contributed by atoms with E-state index in [4.69, 9.17) is 18.9 Å². The number of fused-ring (bicyclic) bond motifs is 1. The zero-order valence-corrected chi connectivity index (χ0v) is 21.7. The van der Waals surface area contributed by atoms with Crippen molar-refractivity contribution >= 4 is 17.7 Å². The first kappa shape index (κ1) is 29.9. The lowest BCUT2D eigenvalue weighted by molar-refractivity contribution is -0.148. The Labute approximate surface area is 220 Å². The van der Waals surface area contributed by atoms with Crippen LogP contribution in [0.3, 0.4) is 0 Å². The van der Waals surface area contributed by atoms with Gasteiger partial charge in [-0.1, -0.05) is 0 Å². The van der Waals surface area contributed by atoms with E-state index in [1.165, 1.54) is 31.3 Å². The maximum atomic E-state index is 13.6. The van der Waals surface area contributed by atoms with Crippen molar-refractivity contribution in [1.82, 2.24) is 0 Å². The van der Waals surface area contributed by atoms with Crippen LogP contribution in [0.2, 0.25) is 0 Å². The predicted octanol–water partition coefficient (Wildman–Crippen LogP) is 6.88. The van der Waals surface area contributed by atoms with Crippen molar-refractivity contribution < 1.29 is 54.9 Å². The van der Waals surface area contributed by atoms with Gasteiger partial charge in [-0.25, -0.2) is 4.79 Å². The highest BCUT2D eigenvalue weighted by Gasteiger charge is 2.43. The molecule has 0 aliphatic carbocycles. The van der Waals surface area contributed by atoms with Crippen molar-refractivity contribution in [3.8, 4) is 11.5 Å². The van der Waals surface area contributed by atoms with E-state index in [0.29, 0.717) is 12.1 Å². The second kappa shape index (κ2) is 11.2. The molecule has 0 aromatic heterocycles. The molecule has 214 valence electrons.